The van der Waals surface area contributed by atoms with Crippen LogP contribution in [0.25, 0.3) is 11.0 Å². The molecule has 2 aromatic heterocycles. The number of piperidine rings is 1. The summed E-state index contributed by atoms with van der Waals surface area (Å²) in [7, 11) is 4.25. The molecule has 2 aliphatic rings. The molecule has 0 amide bonds. The Morgan fingerprint density at radius 3 is 2.50 bits per heavy atom. The number of rotatable bonds is 9. The first-order valence-electron chi connectivity index (χ1n) is 15.3. The number of halogens is 1. The van der Waals surface area contributed by atoms with Gasteiger partial charge in [-0.1, -0.05) is 18.9 Å². The number of piperazine rings is 1. The van der Waals surface area contributed by atoms with Gasteiger partial charge in [0.1, 0.15) is 11.3 Å². The van der Waals surface area contributed by atoms with Gasteiger partial charge in [0.2, 0.25) is 5.95 Å². The predicted octanol–water partition coefficient (Wildman–Crippen LogP) is 6.16. The lowest BCUT2D eigenvalue weighted by molar-refractivity contribution is 0.0982. The smallest absolute Gasteiger partial charge is 0.229 e. The molecule has 2 fully saturated rings. The fraction of sp³-hybridized carbons (Fsp3) is 0.438. The lowest BCUT2D eigenvalue weighted by Crippen LogP contribution is -2.52. The van der Waals surface area contributed by atoms with Crippen LogP contribution in [0.4, 0.5) is 34.5 Å². The molecule has 2 aliphatic heterocycles. The molecule has 0 saturated carbocycles. The minimum atomic E-state index is 0.527. The molecule has 232 valence electrons. The Morgan fingerprint density at radius 1 is 0.977 bits per heavy atom. The van der Waals surface area contributed by atoms with Gasteiger partial charge in [0, 0.05) is 88.6 Å². The van der Waals surface area contributed by atoms with E-state index in [1.165, 1.54) is 50.3 Å². The van der Waals surface area contributed by atoms with Crippen LogP contribution < -0.4 is 19.8 Å². The van der Waals surface area contributed by atoms with Gasteiger partial charge < -0.3 is 24.7 Å². The molecular formula is C32H41BrN10S. The number of nitrogens with one attached hydrogen (secondary N) is 2. The molecule has 0 radical (unpaired) electrons. The van der Waals surface area contributed by atoms with Crippen LogP contribution in [0.15, 0.2) is 53.4 Å². The zero-order valence-corrected chi connectivity index (χ0v) is 28.3. The van der Waals surface area contributed by atoms with Crippen molar-refractivity contribution >= 4 is 73.4 Å². The third-order valence-corrected chi connectivity index (χ3v) is 10.1. The fourth-order valence-electron chi connectivity index (χ4n) is 6.22. The summed E-state index contributed by atoms with van der Waals surface area (Å²) in [5.41, 5.74) is 7.16. The molecule has 2 saturated heterocycles. The van der Waals surface area contributed by atoms with Crippen molar-refractivity contribution in [2.24, 2.45) is 0 Å². The minimum Gasteiger partial charge on any atom is -0.371 e. The standard InChI is InChI=1S/C32H41BrN10S/c1-5-22-20-23(6-9-28(22)43-14-10-24(11-15-43)42-18-16-40(2)17-19-42)37-32-36-21-25(33)31(39-32)38-27-8-7-26-29(35-13-12-34-26)30(27)41(3)44-4/h6-9,12-13,20-21,24H,5,10-11,14-19H2,1-4H3,(H2,36,37,38,39). The van der Waals surface area contributed by atoms with E-state index in [9.17, 15) is 0 Å². The second-order valence-corrected chi connectivity index (χ2v) is 13.2. The molecule has 0 unspecified atom stereocenters. The fourth-order valence-corrected chi connectivity index (χ4v) is 6.88. The number of benzene rings is 2. The molecule has 4 heterocycles. The predicted molar refractivity (Wildman–Crippen MR) is 188 cm³/mol. The van der Waals surface area contributed by atoms with Gasteiger partial charge in [-0.25, -0.2) is 4.98 Å². The SMILES string of the molecule is CCc1cc(Nc2ncc(Br)c(Nc3ccc4nccnc4c3N(C)SC)n2)ccc1N1CCC(N2CCN(C)CC2)CC1. The number of aromatic nitrogens is 4. The van der Waals surface area contributed by atoms with Crippen LogP contribution in [0.5, 0.6) is 0 Å². The van der Waals surface area contributed by atoms with Gasteiger partial charge in [0.25, 0.3) is 0 Å². The molecule has 6 rings (SSSR count). The van der Waals surface area contributed by atoms with E-state index in [1.807, 2.05) is 25.4 Å². The monoisotopic (exact) mass is 676 g/mol. The van der Waals surface area contributed by atoms with Crippen LogP contribution in [0, 0.1) is 0 Å². The third kappa shape index (κ3) is 6.73. The van der Waals surface area contributed by atoms with E-state index in [4.69, 9.17) is 4.98 Å². The molecule has 2 aromatic carbocycles. The molecular weight excluding hydrogens is 636 g/mol. The second kappa shape index (κ2) is 13.8. The Labute approximate surface area is 272 Å². The highest BCUT2D eigenvalue weighted by Gasteiger charge is 2.27. The van der Waals surface area contributed by atoms with Crippen LogP contribution in [-0.2, 0) is 6.42 Å². The summed E-state index contributed by atoms with van der Waals surface area (Å²) >= 11 is 5.25. The normalized spacial score (nSPS) is 16.8. The van der Waals surface area contributed by atoms with Crippen molar-refractivity contribution in [1.29, 1.82) is 0 Å². The van der Waals surface area contributed by atoms with Crippen molar-refractivity contribution < 1.29 is 0 Å². The highest BCUT2D eigenvalue weighted by atomic mass is 79.9. The minimum absolute atomic E-state index is 0.527. The van der Waals surface area contributed by atoms with E-state index in [2.05, 4.69) is 92.7 Å². The molecule has 0 spiro atoms. The Balaban J connectivity index is 1.17. The summed E-state index contributed by atoms with van der Waals surface area (Å²) in [5, 5.41) is 6.95. The van der Waals surface area contributed by atoms with Gasteiger partial charge in [-0.2, -0.15) is 4.98 Å². The van der Waals surface area contributed by atoms with Crippen LogP contribution in [0.1, 0.15) is 25.3 Å². The Kier molecular flexibility index (Phi) is 9.70. The number of nitrogens with zero attached hydrogens (tertiary/aromatic N) is 8. The lowest BCUT2D eigenvalue weighted by Gasteiger charge is -2.43. The average Bonchev–Trinajstić information content (AvgIpc) is 3.06. The van der Waals surface area contributed by atoms with Gasteiger partial charge in [0.05, 0.1) is 21.4 Å². The molecule has 10 nitrogen and oxygen atoms in total. The Morgan fingerprint density at radius 2 is 1.75 bits per heavy atom. The first-order chi connectivity index (χ1) is 21.4. The molecule has 12 heteroatoms. The van der Waals surface area contributed by atoms with Crippen LogP contribution >= 0.6 is 27.9 Å². The molecule has 0 atom stereocenters. The highest BCUT2D eigenvalue weighted by molar-refractivity contribution is 9.10. The first kappa shape index (κ1) is 30.8. The van der Waals surface area contributed by atoms with Gasteiger partial charge in [0.15, 0.2) is 0 Å². The maximum atomic E-state index is 4.83. The molecule has 2 N–H and O–H groups in total. The number of hydrogen-bond donors (Lipinski definition) is 2. The lowest BCUT2D eigenvalue weighted by atomic mass is 10.00. The van der Waals surface area contributed by atoms with E-state index in [0.717, 1.165) is 52.1 Å². The van der Waals surface area contributed by atoms with Crippen molar-refractivity contribution in [3.8, 4) is 0 Å². The van der Waals surface area contributed by atoms with Crippen molar-refractivity contribution in [2.45, 2.75) is 32.2 Å². The maximum Gasteiger partial charge on any atom is 0.229 e. The van der Waals surface area contributed by atoms with Crippen molar-refractivity contribution in [3.05, 3.63) is 59.0 Å². The summed E-state index contributed by atoms with van der Waals surface area (Å²) in [6, 6.07) is 11.3. The molecule has 0 aliphatic carbocycles. The summed E-state index contributed by atoms with van der Waals surface area (Å²) in [6.07, 6.45) is 10.7. The van der Waals surface area contributed by atoms with Crippen molar-refractivity contribution in [1.82, 2.24) is 29.7 Å². The summed E-state index contributed by atoms with van der Waals surface area (Å²) in [4.78, 5) is 26.2. The number of aryl methyl sites for hydroxylation is 1. The van der Waals surface area contributed by atoms with Crippen LogP contribution in [0.3, 0.4) is 0 Å². The number of anilines is 6. The molecule has 44 heavy (non-hydrogen) atoms. The Bertz CT molecular complexity index is 1590. The second-order valence-electron chi connectivity index (χ2n) is 11.5. The maximum absolute atomic E-state index is 4.83. The van der Waals surface area contributed by atoms with Crippen LogP contribution in [-0.4, -0.2) is 95.4 Å². The van der Waals surface area contributed by atoms with Gasteiger partial charge in [-0.05, 0) is 78.1 Å². The molecule has 0 bridgehead atoms. The summed E-state index contributed by atoms with van der Waals surface area (Å²) in [6.45, 7) is 9.21. The van der Waals surface area contributed by atoms with E-state index >= 15 is 0 Å². The summed E-state index contributed by atoms with van der Waals surface area (Å²) in [5.74, 6) is 1.19. The van der Waals surface area contributed by atoms with E-state index < -0.39 is 0 Å². The van der Waals surface area contributed by atoms with Gasteiger partial charge >= 0.3 is 0 Å². The number of hydrogen-bond acceptors (Lipinski definition) is 11. The van der Waals surface area contributed by atoms with Gasteiger partial charge in [-0.3, -0.25) is 14.9 Å². The van der Waals surface area contributed by atoms with E-state index in [-0.39, 0.29) is 0 Å². The third-order valence-electron chi connectivity index (χ3n) is 8.78. The van der Waals surface area contributed by atoms with E-state index in [0.29, 0.717) is 17.8 Å². The van der Waals surface area contributed by atoms with Crippen molar-refractivity contribution in [2.75, 3.05) is 79.5 Å². The Hall–Kier alpha value is -3.19. The topological polar surface area (TPSA) is 88.6 Å². The van der Waals surface area contributed by atoms with Crippen LogP contribution in [0.2, 0.25) is 0 Å². The average molecular weight is 678 g/mol. The largest absolute Gasteiger partial charge is 0.371 e. The zero-order chi connectivity index (χ0) is 30.6. The summed E-state index contributed by atoms with van der Waals surface area (Å²) < 4.78 is 2.85. The quantitative estimate of drug-likeness (QED) is 0.200. The molecule has 4 aromatic rings. The van der Waals surface area contributed by atoms with E-state index in [1.54, 1.807) is 30.5 Å². The number of likely N-dealkylation sites (N-methyl/N-ethyl adjacent to an activating group) is 1. The van der Waals surface area contributed by atoms with Gasteiger partial charge in [-0.15, -0.1) is 0 Å². The number of fused-ring (bicyclic) bond motifs is 1. The highest BCUT2D eigenvalue weighted by Crippen LogP contribution is 2.37. The first-order valence-corrected chi connectivity index (χ1v) is 17.3. The zero-order valence-electron chi connectivity index (χ0n) is 25.9. The van der Waals surface area contributed by atoms with Crippen molar-refractivity contribution in [3.63, 3.8) is 0 Å².